The average Bonchev–Trinajstić information content (AvgIpc) is 3.02. The highest BCUT2D eigenvalue weighted by molar-refractivity contribution is 5.79. The van der Waals surface area contributed by atoms with Crippen molar-refractivity contribution in [3.05, 3.63) is 35.9 Å². The minimum absolute atomic E-state index is 0.633. The van der Waals surface area contributed by atoms with Crippen LogP contribution in [-0.4, -0.2) is 50.6 Å². The number of guanidine groups is 1. The maximum absolute atomic E-state index is 4.30. The predicted octanol–water partition coefficient (Wildman–Crippen LogP) is 2.37. The van der Waals surface area contributed by atoms with Crippen molar-refractivity contribution < 1.29 is 0 Å². The van der Waals surface area contributed by atoms with Crippen LogP contribution in [0, 0.1) is 11.8 Å². The molecule has 1 atom stereocenters. The molecule has 1 aliphatic rings. The Kier molecular flexibility index (Phi) is 7.40. The lowest BCUT2D eigenvalue weighted by Crippen LogP contribution is -2.41. The fourth-order valence-corrected chi connectivity index (χ4v) is 2.98. The van der Waals surface area contributed by atoms with Crippen LogP contribution in [0.5, 0.6) is 0 Å². The number of aliphatic imine (C=N–C) groups is 1. The first-order chi connectivity index (χ1) is 11.2. The van der Waals surface area contributed by atoms with Crippen LogP contribution in [0.3, 0.4) is 0 Å². The fourth-order valence-electron chi connectivity index (χ4n) is 2.98. The van der Waals surface area contributed by atoms with E-state index in [0.717, 1.165) is 31.4 Å². The summed E-state index contributed by atoms with van der Waals surface area (Å²) in [7, 11) is 1.84. The average molecular weight is 316 g/mol. The molecule has 0 aliphatic carbocycles. The molecule has 1 unspecified atom stereocenters. The molecule has 1 saturated heterocycles. The van der Waals surface area contributed by atoms with Gasteiger partial charge in [-0.15, -0.1) is 0 Å². The minimum Gasteiger partial charge on any atom is -0.356 e. The van der Waals surface area contributed by atoms with Crippen molar-refractivity contribution in [2.24, 2.45) is 16.8 Å². The number of nitrogens with zero attached hydrogens (tertiary/aromatic N) is 2. The highest BCUT2D eigenvalue weighted by Crippen LogP contribution is 2.15. The maximum Gasteiger partial charge on any atom is 0.190 e. The molecule has 4 heteroatoms. The molecular formula is C19H32N4. The monoisotopic (exact) mass is 316 g/mol. The summed E-state index contributed by atoms with van der Waals surface area (Å²) >= 11 is 0. The quantitative estimate of drug-likeness (QED) is 0.599. The summed E-state index contributed by atoms with van der Waals surface area (Å²) in [5.74, 6) is 2.29. The van der Waals surface area contributed by atoms with Crippen molar-refractivity contribution in [3.63, 3.8) is 0 Å². The van der Waals surface area contributed by atoms with Gasteiger partial charge in [-0.1, -0.05) is 44.2 Å². The zero-order valence-corrected chi connectivity index (χ0v) is 14.9. The second-order valence-electron chi connectivity index (χ2n) is 6.92. The molecule has 0 radical (unpaired) electrons. The van der Waals surface area contributed by atoms with Crippen LogP contribution < -0.4 is 10.6 Å². The van der Waals surface area contributed by atoms with Gasteiger partial charge in [0.1, 0.15) is 0 Å². The molecular weight excluding hydrogens is 284 g/mol. The van der Waals surface area contributed by atoms with Gasteiger partial charge in [-0.25, -0.2) is 0 Å². The highest BCUT2D eigenvalue weighted by Gasteiger charge is 2.22. The van der Waals surface area contributed by atoms with E-state index in [1.807, 2.05) is 7.05 Å². The molecule has 1 heterocycles. The lowest BCUT2D eigenvalue weighted by atomic mass is 10.1. The van der Waals surface area contributed by atoms with Crippen LogP contribution >= 0.6 is 0 Å². The van der Waals surface area contributed by atoms with Gasteiger partial charge in [0.05, 0.1) is 0 Å². The third kappa shape index (κ3) is 6.61. The Morgan fingerprint density at radius 1 is 1.26 bits per heavy atom. The maximum atomic E-state index is 4.30. The summed E-state index contributed by atoms with van der Waals surface area (Å²) in [5, 5.41) is 6.85. The van der Waals surface area contributed by atoms with E-state index in [-0.39, 0.29) is 0 Å². The van der Waals surface area contributed by atoms with Crippen molar-refractivity contribution in [2.45, 2.75) is 26.7 Å². The molecule has 0 saturated carbocycles. The highest BCUT2D eigenvalue weighted by atomic mass is 15.2. The molecule has 2 N–H and O–H groups in total. The molecule has 1 aliphatic heterocycles. The predicted molar refractivity (Wildman–Crippen MR) is 98.9 cm³/mol. The topological polar surface area (TPSA) is 39.7 Å². The van der Waals surface area contributed by atoms with Crippen LogP contribution in [0.25, 0.3) is 0 Å². The van der Waals surface area contributed by atoms with E-state index in [1.165, 1.54) is 31.6 Å². The second-order valence-corrected chi connectivity index (χ2v) is 6.92. The Bertz CT molecular complexity index is 470. The molecule has 1 fully saturated rings. The summed E-state index contributed by atoms with van der Waals surface area (Å²) in [5.41, 5.74) is 1.44. The van der Waals surface area contributed by atoms with Crippen molar-refractivity contribution in [1.82, 2.24) is 15.5 Å². The normalized spacial score (nSPS) is 19.3. The number of benzene rings is 1. The Hall–Kier alpha value is -1.55. The van der Waals surface area contributed by atoms with Gasteiger partial charge in [-0.3, -0.25) is 4.99 Å². The fraction of sp³-hybridized carbons (Fsp3) is 0.632. The number of nitrogens with one attached hydrogen (secondary N) is 2. The van der Waals surface area contributed by atoms with E-state index < -0.39 is 0 Å². The lowest BCUT2D eigenvalue weighted by molar-refractivity contribution is 0.328. The third-order valence-corrected chi connectivity index (χ3v) is 4.39. The molecule has 2 rings (SSSR count). The standard InChI is InChI=1S/C19H32N4/c1-16(2)13-21-19(20-3)22-14-18-10-12-23(15-18)11-9-17-7-5-4-6-8-17/h4-8,16,18H,9-15H2,1-3H3,(H2,20,21,22). The van der Waals surface area contributed by atoms with E-state index in [4.69, 9.17) is 0 Å². The van der Waals surface area contributed by atoms with Crippen LogP contribution in [0.4, 0.5) is 0 Å². The van der Waals surface area contributed by atoms with Gasteiger partial charge in [0.2, 0.25) is 0 Å². The van der Waals surface area contributed by atoms with Crippen LogP contribution in [0.2, 0.25) is 0 Å². The van der Waals surface area contributed by atoms with E-state index in [2.05, 4.69) is 64.7 Å². The summed E-state index contributed by atoms with van der Waals surface area (Å²) in [4.78, 5) is 6.88. The van der Waals surface area contributed by atoms with Crippen molar-refractivity contribution in [1.29, 1.82) is 0 Å². The van der Waals surface area contributed by atoms with Crippen molar-refractivity contribution >= 4 is 5.96 Å². The van der Waals surface area contributed by atoms with E-state index in [9.17, 15) is 0 Å². The molecule has 0 bridgehead atoms. The van der Waals surface area contributed by atoms with Crippen LogP contribution in [0.15, 0.2) is 35.3 Å². The molecule has 0 aromatic heterocycles. The first-order valence-corrected chi connectivity index (χ1v) is 8.88. The van der Waals surface area contributed by atoms with Gasteiger partial charge in [-0.05, 0) is 36.8 Å². The Balaban J connectivity index is 1.65. The summed E-state index contributed by atoms with van der Waals surface area (Å²) in [6.45, 7) is 9.98. The summed E-state index contributed by atoms with van der Waals surface area (Å²) in [6.07, 6.45) is 2.43. The molecule has 4 nitrogen and oxygen atoms in total. The van der Waals surface area contributed by atoms with E-state index >= 15 is 0 Å². The second kappa shape index (κ2) is 9.56. The van der Waals surface area contributed by atoms with Gasteiger partial charge < -0.3 is 15.5 Å². The largest absolute Gasteiger partial charge is 0.356 e. The molecule has 0 amide bonds. The Morgan fingerprint density at radius 3 is 2.74 bits per heavy atom. The van der Waals surface area contributed by atoms with Gasteiger partial charge >= 0.3 is 0 Å². The number of likely N-dealkylation sites (tertiary alicyclic amines) is 1. The lowest BCUT2D eigenvalue weighted by Gasteiger charge is -2.18. The molecule has 0 spiro atoms. The van der Waals surface area contributed by atoms with Gasteiger partial charge in [0.15, 0.2) is 5.96 Å². The number of hydrogen-bond acceptors (Lipinski definition) is 2. The van der Waals surface area contributed by atoms with Crippen LogP contribution in [0.1, 0.15) is 25.8 Å². The zero-order chi connectivity index (χ0) is 16.5. The smallest absolute Gasteiger partial charge is 0.190 e. The van der Waals surface area contributed by atoms with Gasteiger partial charge in [0.25, 0.3) is 0 Å². The summed E-state index contributed by atoms with van der Waals surface area (Å²) < 4.78 is 0. The molecule has 1 aromatic carbocycles. The number of rotatable bonds is 7. The minimum atomic E-state index is 0.633. The molecule has 23 heavy (non-hydrogen) atoms. The van der Waals surface area contributed by atoms with Gasteiger partial charge in [0, 0.05) is 33.2 Å². The molecule has 128 valence electrons. The first kappa shape index (κ1) is 17.8. The summed E-state index contributed by atoms with van der Waals surface area (Å²) in [6, 6.07) is 10.8. The third-order valence-electron chi connectivity index (χ3n) is 4.39. The Labute approximate surface area is 141 Å². The zero-order valence-electron chi connectivity index (χ0n) is 14.9. The number of hydrogen-bond donors (Lipinski definition) is 2. The Morgan fingerprint density at radius 2 is 2.04 bits per heavy atom. The first-order valence-electron chi connectivity index (χ1n) is 8.88. The van der Waals surface area contributed by atoms with E-state index in [1.54, 1.807) is 0 Å². The van der Waals surface area contributed by atoms with Crippen molar-refractivity contribution in [2.75, 3.05) is 39.8 Å². The van der Waals surface area contributed by atoms with Crippen LogP contribution in [-0.2, 0) is 6.42 Å². The molecule has 1 aromatic rings. The van der Waals surface area contributed by atoms with Crippen molar-refractivity contribution in [3.8, 4) is 0 Å². The van der Waals surface area contributed by atoms with Gasteiger partial charge in [-0.2, -0.15) is 0 Å². The SMILES string of the molecule is CN=C(NCC(C)C)NCC1CCN(CCc2ccccc2)C1. The van der Waals surface area contributed by atoms with E-state index in [0.29, 0.717) is 5.92 Å².